The van der Waals surface area contributed by atoms with Crippen LogP contribution in [0.3, 0.4) is 0 Å². The van der Waals surface area contributed by atoms with Gasteiger partial charge in [0.25, 0.3) is 6.54 Å². The molecule has 0 saturated heterocycles. The van der Waals surface area contributed by atoms with E-state index < -0.39 is 17.3 Å². The summed E-state index contributed by atoms with van der Waals surface area (Å²) in [5.41, 5.74) is 0.207. The van der Waals surface area contributed by atoms with Crippen LogP contribution in [0.1, 0.15) is 10.4 Å². The van der Waals surface area contributed by atoms with Crippen LogP contribution in [0.4, 0.5) is 0 Å². The average Bonchev–Trinajstić information content (AvgIpc) is 2.34. The highest BCUT2D eigenvalue weighted by Gasteiger charge is 2.14. The molecule has 12 heavy (non-hydrogen) atoms. The lowest BCUT2D eigenvalue weighted by Gasteiger charge is -1.87. The molecule has 1 rings (SSSR count). The molecule has 0 saturated carbocycles. The smallest absolute Gasteiger partial charge is 0.265 e. The van der Waals surface area contributed by atoms with Gasteiger partial charge in [-0.05, 0) is 15.9 Å². The number of hydrogen-bond donors (Lipinski definition) is 0. The van der Waals surface area contributed by atoms with Crippen LogP contribution in [0, 0.1) is 10.1 Å². The van der Waals surface area contributed by atoms with Crippen molar-refractivity contribution >= 4 is 21.7 Å². The highest BCUT2D eigenvalue weighted by atomic mass is 79.9. The molecule has 0 aromatic carbocycles. The minimum absolute atomic E-state index is 0.207. The fourth-order valence-electron chi connectivity index (χ4n) is 0.665. The van der Waals surface area contributed by atoms with Crippen molar-refractivity contribution in [2.75, 3.05) is 6.54 Å². The number of nitro groups is 1. The van der Waals surface area contributed by atoms with Gasteiger partial charge < -0.3 is 4.42 Å². The molecule has 1 heterocycles. The van der Waals surface area contributed by atoms with E-state index in [4.69, 9.17) is 4.42 Å². The van der Waals surface area contributed by atoms with E-state index in [1.54, 1.807) is 0 Å². The third-order valence-electron chi connectivity index (χ3n) is 1.16. The van der Waals surface area contributed by atoms with Gasteiger partial charge in [-0.15, -0.1) is 0 Å². The highest BCUT2D eigenvalue weighted by molar-refractivity contribution is 9.10. The quantitative estimate of drug-likeness (QED) is 0.451. The molecule has 0 aliphatic carbocycles. The first-order valence-electron chi connectivity index (χ1n) is 2.98. The Morgan fingerprint density at radius 1 is 1.75 bits per heavy atom. The van der Waals surface area contributed by atoms with E-state index in [1.807, 2.05) is 0 Å². The van der Waals surface area contributed by atoms with Crippen LogP contribution in [-0.4, -0.2) is 17.3 Å². The number of halogens is 1. The van der Waals surface area contributed by atoms with E-state index in [2.05, 4.69) is 15.9 Å². The fourth-order valence-corrected chi connectivity index (χ4v) is 1.00. The molecule has 0 atom stereocenters. The number of hydrogen-bond acceptors (Lipinski definition) is 4. The summed E-state index contributed by atoms with van der Waals surface area (Å²) in [6.07, 6.45) is 1.18. The largest absolute Gasteiger partial charge is 0.457 e. The lowest BCUT2D eigenvalue weighted by atomic mass is 10.2. The Labute approximate surface area is 75.6 Å². The van der Waals surface area contributed by atoms with E-state index in [0.717, 1.165) is 0 Å². The molecule has 0 amide bonds. The van der Waals surface area contributed by atoms with Gasteiger partial charge in [0, 0.05) is 11.0 Å². The van der Waals surface area contributed by atoms with Crippen LogP contribution in [0.2, 0.25) is 0 Å². The maximum atomic E-state index is 10.9. The third-order valence-corrected chi connectivity index (χ3v) is 1.58. The second kappa shape index (κ2) is 3.48. The monoisotopic (exact) mass is 233 g/mol. The van der Waals surface area contributed by atoms with E-state index in [-0.39, 0.29) is 5.56 Å². The first-order valence-corrected chi connectivity index (χ1v) is 3.78. The minimum atomic E-state index is -0.702. The Morgan fingerprint density at radius 3 is 2.83 bits per heavy atom. The maximum Gasteiger partial charge on any atom is 0.265 e. The second-order valence-corrected chi connectivity index (χ2v) is 2.84. The van der Waals surface area contributed by atoms with Crippen molar-refractivity contribution in [3.8, 4) is 0 Å². The maximum absolute atomic E-state index is 10.9. The molecule has 0 radical (unpaired) electrons. The number of ketones is 1. The van der Waals surface area contributed by atoms with Crippen molar-refractivity contribution in [1.29, 1.82) is 0 Å². The Morgan fingerprint density at radius 2 is 2.42 bits per heavy atom. The van der Waals surface area contributed by atoms with Gasteiger partial charge in [0.2, 0.25) is 5.78 Å². The van der Waals surface area contributed by atoms with Crippen LogP contribution < -0.4 is 0 Å². The predicted molar refractivity (Wildman–Crippen MR) is 42.6 cm³/mol. The highest BCUT2D eigenvalue weighted by Crippen LogP contribution is 2.14. The lowest BCUT2D eigenvalue weighted by Crippen LogP contribution is -2.12. The number of nitrogens with zero attached hydrogens (tertiary/aromatic N) is 1. The molecule has 0 aliphatic heterocycles. The molecule has 64 valence electrons. The van der Waals surface area contributed by atoms with Gasteiger partial charge in [0.1, 0.15) is 6.26 Å². The predicted octanol–water partition coefficient (Wildman–Crippen LogP) is 1.50. The normalized spacial score (nSPS) is 9.75. The van der Waals surface area contributed by atoms with Crippen LogP contribution >= 0.6 is 15.9 Å². The van der Waals surface area contributed by atoms with Crippen molar-refractivity contribution in [1.82, 2.24) is 0 Å². The number of Topliss-reactive ketones (excluding diaryl/α,β-unsaturated/α-hetero) is 1. The summed E-state index contributed by atoms with van der Waals surface area (Å²) in [7, 11) is 0. The van der Waals surface area contributed by atoms with Gasteiger partial charge in [0.15, 0.2) is 4.67 Å². The molecule has 6 heteroatoms. The Balaban J connectivity index is 2.72. The molecule has 1 aromatic rings. The molecule has 0 aliphatic rings. The first kappa shape index (κ1) is 8.92. The molecular formula is C6H4BrNO4. The summed E-state index contributed by atoms with van der Waals surface area (Å²) in [5, 5.41) is 9.93. The van der Waals surface area contributed by atoms with E-state index in [1.165, 1.54) is 12.3 Å². The Hall–Kier alpha value is -1.17. The first-order chi connectivity index (χ1) is 5.59. The summed E-state index contributed by atoms with van der Waals surface area (Å²) in [6.45, 7) is -0.702. The van der Waals surface area contributed by atoms with Gasteiger partial charge in [-0.2, -0.15) is 0 Å². The fraction of sp³-hybridized carbons (Fsp3) is 0.167. The SMILES string of the molecule is O=C(C[N+](=O)[O-])c1coc(Br)c1. The standard InChI is InChI=1S/C6H4BrNO4/c7-6-1-4(3-12-6)5(9)2-8(10)11/h1,3H,2H2. The Kier molecular flexibility index (Phi) is 2.59. The zero-order valence-corrected chi connectivity index (χ0v) is 7.41. The molecule has 0 N–H and O–H groups in total. The number of furan rings is 1. The van der Waals surface area contributed by atoms with Crippen molar-refractivity contribution < 1.29 is 14.1 Å². The molecule has 0 fully saturated rings. The van der Waals surface area contributed by atoms with E-state index in [9.17, 15) is 14.9 Å². The Bertz CT molecular complexity index is 319. The van der Waals surface area contributed by atoms with Crippen molar-refractivity contribution in [2.24, 2.45) is 0 Å². The molecule has 0 spiro atoms. The van der Waals surface area contributed by atoms with Gasteiger partial charge in [-0.1, -0.05) is 0 Å². The molecule has 1 aromatic heterocycles. The number of carbonyl (C=O) groups excluding carboxylic acids is 1. The number of carbonyl (C=O) groups is 1. The summed E-state index contributed by atoms with van der Waals surface area (Å²) < 4.78 is 5.12. The van der Waals surface area contributed by atoms with Crippen LogP contribution in [0.5, 0.6) is 0 Å². The summed E-state index contributed by atoms with van der Waals surface area (Å²) in [4.78, 5) is 20.2. The second-order valence-electron chi connectivity index (χ2n) is 2.05. The van der Waals surface area contributed by atoms with Crippen molar-refractivity contribution in [2.45, 2.75) is 0 Å². The van der Waals surface area contributed by atoms with Crippen molar-refractivity contribution in [3.05, 3.63) is 32.7 Å². The molecular weight excluding hydrogens is 230 g/mol. The van der Waals surface area contributed by atoms with Crippen LogP contribution in [-0.2, 0) is 0 Å². The topological polar surface area (TPSA) is 73.3 Å². The number of rotatable bonds is 3. The van der Waals surface area contributed by atoms with E-state index in [0.29, 0.717) is 4.67 Å². The van der Waals surface area contributed by atoms with Gasteiger partial charge in [-0.3, -0.25) is 14.9 Å². The summed E-state index contributed by atoms with van der Waals surface area (Å²) >= 11 is 2.98. The van der Waals surface area contributed by atoms with Crippen LogP contribution in [0.15, 0.2) is 21.4 Å². The molecule has 5 nitrogen and oxygen atoms in total. The zero-order chi connectivity index (χ0) is 9.14. The minimum Gasteiger partial charge on any atom is -0.457 e. The zero-order valence-electron chi connectivity index (χ0n) is 5.82. The van der Waals surface area contributed by atoms with Crippen molar-refractivity contribution in [3.63, 3.8) is 0 Å². The summed E-state index contributed by atoms with van der Waals surface area (Å²) in [6, 6.07) is 1.39. The average molecular weight is 234 g/mol. The van der Waals surface area contributed by atoms with E-state index >= 15 is 0 Å². The van der Waals surface area contributed by atoms with Gasteiger partial charge in [-0.25, -0.2) is 0 Å². The molecule has 0 bridgehead atoms. The van der Waals surface area contributed by atoms with Gasteiger partial charge >= 0.3 is 0 Å². The van der Waals surface area contributed by atoms with Gasteiger partial charge in [0.05, 0.1) is 5.56 Å². The third kappa shape index (κ3) is 2.16. The summed E-state index contributed by atoms with van der Waals surface area (Å²) in [5.74, 6) is -0.561. The van der Waals surface area contributed by atoms with Crippen LogP contribution in [0.25, 0.3) is 0 Å². The lowest BCUT2D eigenvalue weighted by molar-refractivity contribution is -0.465. The molecule has 0 unspecified atom stereocenters.